The highest BCUT2D eigenvalue weighted by Crippen LogP contribution is 2.41. The molecule has 0 aromatic heterocycles. The lowest BCUT2D eigenvalue weighted by molar-refractivity contribution is -0.157. The van der Waals surface area contributed by atoms with Gasteiger partial charge in [-0.25, -0.2) is 19.2 Å². The normalized spacial score (nSPS) is 11.7. The van der Waals surface area contributed by atoms with Gasteiger partial charge in [0, 0.05) is 37.3 Å². The van der Waals surface area contributed by atoms with Gasteiger partial charge in [0.15, 0.2) is 0 Å². The lowest BCUT2D eigenvalue weighted by Crippen LogP contribution is -2.45. The highest BCUT2D eigenvalue weighted by molar-refractivity contribution is 5.86. The van der Waals surface area contributed by atoms with Gasteiger partial charge in [-0.05, 0) is 106 Å². The molecule has 3 rings (SSSR count). The van der Waals surface area contributed by atoms with E-state index in [4.69, 9.17) is 28.4 Å². The molecule has 0 radical (unpaired) electrons. The smallest absolute Gasteiger partial charge is 0.412 e. The lowest BCUT2D eigenvalue weighted by Gasteiger charge is -2.28. The molecule has 0 saturated carbocycles. The number of benzene rings is 3. The topological polar surface area (TPSA) is 188 Å². The maximum Gasteiger partial charge on any atom is 0.412 e. The summed E-state index contributed by atoms with van der Waals surface area (Å²) in [6.07, 6.45) is -3.26. The highest BCUT2D eigenvalue weighted by Gasteiger charge is 2.29. The second-order valence-electron chi connectivity index (χ2n) is 18.2. The van der Waals surface area contributed by atoms with Crippen LogP contribution in [0, 0.1) is 0 Å². The molecule has 338 valence electrons. The molecule has 2 N–H and O–H groups in total. The Labute approximate surface area is 364 Å². The quantitative estimate of drug-likeness (QED) is 0.117. The second kappa shape index (κ2) is 21.5. The van der Waals surface area contributed by atoms with Crippen molar-refractivity contribution in [3.8, 4) is 33.8 Å². The van der Waals surface area contributed by atoms with Crippen molar-refractivity contribution in [2.45, 2.75) is 105 Å². The molecule has 0 atom stereocenters. The molecule has 3 aromatic rings. The van der Waals surface area contributed by atoms with Crippen LogP contribution in [0.5, 0.6) is 11.5 Å². The van der Waals surface area contributed by atoms with E-state index < -0.39 is 71.8 Å². The predicted molar refractivity (Wildman–Crippen MR) is 233 cm³/mol. The van der Waals surface area contributed by atoms with Gasteiger partial charge in [0.05, 0.1) is 0 Å². The fourth-order valence-electron chi connectivity index (χ4n) is 5.46. The molecule has 0 bridgehead atoms. The maximum atomic E-state index is 13.4. The molecule has 16 heteroatoms. The van der Waals surface area contributed by atoms with Crippen molar-refractivity contribution in [2.24, 2.45) is 0 Å². The van der Waals surface area contributed by atoms with Crippen LogP contribution >= 0.6 is 0 Å². The average molecular weight is 863 g/mol. The monoisotopic (exact) mass is 862 g/mol. The average Bonchev–Trinajstić information content (AvgIpc) is 3.12. The van der Waals surface area contributed by atoms with Gasteiger partial charge in [0.25, 0.3) is 0 Å². The van der Waals surface area contributed by atoms with E-state index in [2.05, 4.69) is 10.6 Å². The number of carbonyl (C=O) groups excluding carboxylic acids is 6. The molecule has 0 saturated heterocycles. The number of nitrogens with one attached hydrogen (secondary N) is 2. The van der Waals surface area contributed by atoms with Gasteiger partial charge in [-0.15, -0.1) is 0 Å². The summed E-state index contributed by atoms with van der Waals surface area (Å²) in [5, 5.41) is 5.27. The Morgan fingerprint density at radius 3 is 1.06 bits per heavy atom. The molecule has 0 heterocycles. The number of esters is 2. The predicted octanol–water partition coefficient (Wildman–Crippen LogP) is 8.36. The first-order chi connectivity index (χ1) is 28.7. The standard InChI is InChI=1S/C46H62N4O12/c1-43(2,3)59-37(51)29-49(41(55)61-45(7,8)9)25-23-47-39(53)57-35-27-34(32-21-17-14-18-22-32)36(28-33(35)31-19-15-13-16-20-31)58-40(54)48-24-26-50(42(56)62-46(10,11)12)30-38(52)60-44(4,5)6/h13-22,27-28H,23-26,29-30H2,1-12H3,(H,47,53)(H,48,54). The minimum Gasteiger partial charge on any atom is -0.459 e. The molecule has 0 unspecified atom stereocenters. The molecule has 4 amide bonds. The zero-order chi connectivity index (χ0) is 46.5. The Morgan fingerprint density at radius 2 is 0.774 bits per heavy atom. The van der Waals surface area contributed by atoms with Crippen LogP contribution < -0.4 is 20.1 Å². The van der Waals surface area contributed by atoms with Crippen LogP contribution in [-0.2, 0) is 28.5 Å². The minimum absolute atomic E-state index is 0.109. The van der Waals surface area contributed by atoms with Gasteiger partial charge >= 0.3 is 36.3 Å². The SMILES string of the molecule is CC(C)(C)OC(=O)CN(CCNC(=O)Oc1cc(-c2ccccc2)c(OC(=O)NCCN(CC(=O)OC(C)(C)C)C(=O)OC(C)(C)C)cc1-c1ccccc1)C(=O)OC(C)(C)C. The van der Waals surface area contributed by atoms with E-state index in [0.717, 1.165) is 9.80 Å². The second-order valence-corrected chi connectivity index (χ2v) is 18.2. The first kappa shape index (κ1) is 50.0. The van der Waals surface area contributed by atoms with E-state index in [1.165, 1.54) is 0 Å². The largest absolute Gasteiger partial charge is 0.459 e. The van der Waals surface area contributed by atoms with Crippen molar-refractivity contribution in [1.29, 1.82) is 0 Å². The van der Waals surface area contributed by atoms with E-state index in [9.17, 15) is 28.8 Å². The molecule has 0 fully saturated rings. The van der Waals surface area contributed by atoms with Crippen LogP contribution in [0.25, 0.3) is 22.3 Å². The Kier molecular flexibility index (Phi) is 17.3. The van der Waals surface area contributed by atoms with Gasteiger partial charge in [-0.2, -0.15) is 0 Å². The fourth-order valence-corrected chi connectivity index (χ4v) is 5.46. The van der Waals surface area contributed by atoms with E-state index in [-0.39, 0.29) is 37.7 Å². The lowest BCUT2D eigenvalue weighted by atomic mass is 9.98. The Bertz CT molecular complexity index is 1870. The number of hydrogen-bond acceptors (Lipinski definition) is 12. The molecule has 0 aliphatic carbocycles. The summed E-state index contributed by atoms with van der Waals surface area (Å²) in [5.41, 5.74) is -1.20. The molecular formula is C46H62N4O12. The van der Waals surface area contributed by atoms with Gasteiger partial charge in [-0.1, -0.05) is 60.7 Å². The Morgan fingerprint density at radius 1 is 0.468 bits per heavy atom. The molecule has 62 heavy (non-hydrogen) atoms. The summed E-state index contributed by atoms with van der Waals surface area (Å²) >= 11 is 0. The number of hydrogen-bond donors (Lipinski definition) is 2. The van der Waals surface area contributed by atoms with Crippen molar-refractivity contribution in [2.75, 3.05) is 39.3 Å². The summed E-state index contributed by atoms with van der Waals surface area (Å²) in [7, 11) is 0. The van der Waals surface area contributed by atoms with Crippen molar-refractivity contribution < 1.29 is 57.2 Å². The first-order valence-electron chi connectivity index (χ1n) is 20.3. The maximum absolute atomic E-state index is 13.4. The van der Waals surface area contributed by atoms with Crippen molar-refractivity contribution in [3.05, 3.63) is 72.8 Å². The molecular weight excluding hydrogens is 801 g/mol. The summed E-state index contributed by atoms with van der Waals surface area (Å²) < 4.78 is 33.5. The van der Waals surface area contributed by atoms with Crippen molar-refractivity contribution >= 4 is 36.3 Å². The van der Waals surface area contributed by atoms with Crippen LogP contribution in [-0.4, -0.2) is 108 Å². The van der Waals surface area contributed by atoms with Crippen LogP contribution in [0.2, 0.25) is 0 Å². The third-order valence-corrected chi connectivity index (χ3v) is 7.74. The van der Waals surface area contributed by atoms with Crippen LogP contribution in [0.15, 0.2) is 72.8 Å². The van der Waals surface area contributed by atoms with E-state index in [1.807, 2.05) is 12.1 Å². The molecule has 16 nitrogen and oxygen atoms in total. The number of carbonyl (C=O) groups is 6. The van der Waals surface area contributed by atoms with Crippen LogP contribution in [0.4, 0.5) is 19.2 Å². The minimum atomic E-state index is -0.866. The summed E-state index contributed by atoms with van der Waals surface area (Å²) in [4.78, 5) is 80.4. The number of ether oxygens (including phenoxy) is 6. The van der Waals surface area contributed by atoms with E-state index in [0.29, 0.717) is 22.3 Å². The van der Waals surface area contributed by atoms with Crippen LogP contribution in [0.3, 0.4) is 0 Å². The van der Waals surface area contributed by atoms with Gasteiger partial charge in [0.2, 0.25) is 0 Å². The van der Waals surface area contributed by atoms with Gasteiger partial charge < -0.3 is 39.1 Å². The molecule has 0 spiro atoms. The zero-order valence-electron chi connectivity index (χ0n) is 38.0. The van der Waals surface area contributed by atoms with Crippen LogP contribution in [0.1, 0.15) is 83.1 Å². The zero-order valence-corrected chi connectivity index (χ0v) is 38.0. The molecule has 0 aliphatic heterocycles. The fraction of sp³-hybridized carbons (Fsp3) is 0.478. The van der Waals surface area contributed by atoms with E-state index >= 15 is 0 Å². The first-order valence-corrected chi connectivity index (χ1v) is 20.3. The van der Waals surface area contributed by atoms with Crippen molar-refractivity contribution in [3.63, 3.8) is 0 Å². The molecule has 0 aliphatic rings. The Hall–Kier alpha value is -6.32. The van der Waals surface area contributed by atoms with E-state index in [1.54, 1.807) is 144 Å². The Balaban J connectivity index is 1.87. The number of nitrogens with zero attached hydrogens (tertiary/aromatic N) is 2. The van der Waals surface area contributed by atoms with Crippen molar-refractivity contribution in [1.82, 2.24) is 20.4 Å². The number of amides is 4. The van der Waals surface area contributed by atoms with Gasteiger partial charge in [0.1, 0.15) is 47.0 Å². The summed E-state index contributed by atoms with van der Waals surface area (Å²) in [6.45, 7) is 19.2. The third-order valence-electron chi connectivity index (χ3n) is 7.74. The summed E-state index contributed by atoms with van der Waals surface area (Å²) in [5.74, 6) is -1.06. The third kappa shape index (κ3) is 18.5. The number of rotatable bonds is 14. The highest BCUT2D eigenvalue weighted by atomic mass is 16.6. The van der Waals surface area contributed by atoms with Gasteiger partial charge in [-0.3, -0.25) is 19.4 Å². The molecule has 3 aromatic carbocycles. The summed E-state index contributed by atoms with van der Waals surface area (Å²) in [6, 6.07) is 21.1.